The van der Waals surface area contributed by atoms with Gasteiger partial charge in [-0.1, -0.05) is 26.0 Å². The fourth-order valence-corrected chi connectivity index (χ4v) is 1.78. The van der Waals surface area contributed by atoms with Gasteiger partial charge in [0.15, 0.2) is 0 Å². The van der Waals surface area contributed by atoms with Crippen LogP contribution in [-0.4, -0.2) is 20.1 Å². The molecule has 0 aromatic heterocycles. The average Bonchev–Trinajstić information content (AvgIpc) is 2.34. The van der Waals surface area contributed by atoms with Crippen LogP contribution in [0.4, 0.5) is 5.69 Å². The molecule has 0 fully saturated rings. The summed E-state index contributed by atoms with van der Waals surface area (Å²) >= 11 is 0. The van der Waals surface area contributed by atoms with Crippen LogP contribution in [0.5, 0.6) is 0 Å². The Hall–Kier alpha value is -1.53. The van der Waals surface area contributed by atoms with Gasteiger partial charge in [0.05, 0.1) is 11.3 Å². The van der Waals surface area contributed by atoms with E-state index in [0.717, 1.165) is 18.8 Å². The average molecular weight is 231 g/mol. The van der Waals surface area contributed by atoms with Gasteiger partial charge in [-0.3, -0.25) is 0 Å². The number of para-hydroxylation sites is 1. The van der Waals surface area contributed by atoms with Gasteiger partial charge < -0.3 is 10.6 Å². The molecule has 0 saturated heterocycles. The van der Waals surface area contributed by atoms with Crippen molar-refractivity contribution in [1.29, 1.82) is 5.26 Å². The molecule has 17 heavy (non-hydrogen) atoms. The Balaban J connectivity index is 2.62. The van der Waals surface area contributed by atoms with Crippen LogP contribution >= 0.6 is 0 Å². The molecular weight excluding hydrogens is 210 g/mol. The fourth-order valence-electron chi connectivity index (χ4n) is 1.78. The van der Waals surface area contributed by atoms with E-state index in [2.05, 4.69) is 30.6 Å². The Labute approximate surface area is 104 Å². The van der Waals surface area contributed by atoms with E-state index >= 15 is 0 Å². The maximum Gasteiger partial charge on any atom is 0.101 e. The molecule has 0 radical (unpaired) electrons. The van der Waals surface area contributed by atoms with E-state index in [-0.39, 0.29) is 0 Å². The van der Waals surface area contributed by atoms with E-state index < -0.39 is 0 Å². The number of nitriles is 1. The fraction of sp³-hybridized carbons (Fsp3) is 0.500. The summed E-state index contributed by atoms with van der Waals surface area (Å²) in [6.07, 6.45) is 0. The van der Waals surface area contributed by atoms with Crippen molar-refractivity contribution in [1.82, 2.24) is 5.32 Å². The van der Waals surface area contributed by atoms with Crippen LogP contribution in [0.15, 0.2) is 24.3 Å². The quantitative estimate of drug-likeness (QED) is 0.790. The largest absolute Gasteiger partial charge is 0.384 e. The van der Waals surface area contributed by atoms with Crippen molar-refractivity contribution in [3.8, 4) is 6.07 Å². The first-order chi connectivity index (χ1) is 8.19. The lowest BCUT2D eigenvalue weighted by atomic mass is 9.95. The van der Waals surface area contributed by atoms with Gasteiger partial charge >= 0.3 is 0 Å². The van der Waals surface area contributed by atoms with E-state index in [4.69, 9.17) is 5.26 Å². The Kier molecular flexibility index (Phi) is 5.51. The van der Waals surface area contributed by atoms with Crippen LogP contribution in [-0.2, 0) is 0 Å². The molecule has 3 nitrogen and oxygen atoms in total. The zero-order valence-corrected chi connectivity index (χ0v) is 10.8. The number of benzene rings is 1. The van der Waals surface area contributed by atoms with Crippen molar-refractivity contribution >= 4 is 5.69 Å². The molecule has 92 valence electrons. The summed E-state index contributed by atoms with van der Waals surface area (Å²) in [6, 6.07) is 9.83. The summed E-state index contributed by atoms with van der Waals surface area (Å²) < 4.78 is 0. The monoisotopic (exact) mass is 231 g/mol. The molecule has 0 spiro atoms. The van der Waals surface area contributed by atoms with Gasteiger partial charge in [0.25, 0.3) is 0 Å². The minimum Gasteiger partial charge on any atom is -0.384 e. The first kappa shape index (κ1) is 13.5. The lowest BCUT2D eigenvalue weighted by Crippen LogP contribution is -2.29. The second-order valence-corrected chi connectivity index (χ2v) is 4.60. The molecule has 1 aromatic carbocycles. The SMILES string of the molecule is CNCC(CNc1ccccc1C#N)C(C)C. The predicted molar refractivity (Wildman–Crippen MR) is 71.9 cm³/mol. The minimum atomic E-state index is 0.562. The van der Waals surface area contributed by atoms with Crippen molar-refractivity contribution in [3.63, 3.8) is 0 Å². The lowest BCUT2D eigenvalue weighted by Gasteiger charge is -2.21. The highest BCUT2D eigenvalue weighted by atomic mass is 14.9. The van der Waals surface area contributed by atoms with Gasteiger partial charge in [0, 0.05) is 6.54 Å². The molecule has 0 aliphatic heterocycles. The van der Waals surface area contributed by atoms with Gasteiger partial charge in [-0.15, -0.1) is 0 Å². The summed E-state index contributed by atoms with van der Waals surface area (Å²) in [7, 11) is 1.97. The lowest BCUT2D eigenvalue weighted by molar-refractivity contribution is 0.390. The third-order valence-electron chi connectivity index (χ3n) is 3.01. The first-order valence-corrected chi connectivity index (χ1v) is 6.06. The molecule has 1 rings (SSSR count). The Morgan fingerprint density at radius 3 is 2.53 bits per heavy atom. The zero-order chi connectivity index (χ0) is 12.7. The summed E-state index contributed by atoms with van der Waals surface area (Å²) in [5, 5.41) is 15.6. The molecule has 1 atom stereocenters. The molecule has 3 heteroatoms. The van der Waals surface area contributed by atoms with E-state index in [1.165, 1.54) is 0 Å². The van der Waals surface area contributed by atoms with Crippen LogP contribution in [0.25, 0.3) is 0 Å². The topological polar surface area (TPSA) is 47.8 Å². The summed E-state index contributed by atoms with van der Waals surface area (Å²) in [4.78, 5) is 0. The number of nitrogens with one attached hydrogen (secondary N) is 2. The molecule has 1 aromatic rings. The molecule has 0 saturated carbocycles. The van der Waals surface area contributed by atoms with Crippen LogP contribution < -0.4 is 10.6 Å². The van der Waals surface area contributed by atoms with Crippen LogP contribution in [0.3, 0.4) is 0 Å². The number of nitrogens with zero attached hydrogens (tertiary/aromatic N) is 1. The molecular formula is C14H21N3. The first-order valence-electron chi connectivity index (χ1n) is 6.06. The number of hydrogen-bond acceptors (Lipinski definition) is 3. The molecule has 0 heterocycles. The zero-order valence-electron chi connectivity index (χ0n) is 10.8. The standard InChI is InChI=1S/C14H21N3/c1-11(2)13(9-16-3)10-17-14-7-5-4-6-12(14)8-15/h4-7,11,13,16-17H,9-10H2,1-3H3. The smallest absolute Gasteiger partial charge is 0.101 e. The molecule has 0 aliphatic rings. The summed E-state index contributed by atoms with van der Waals surface area (Å²) in [6.45, 7) is 6.32. The van der Waals surface area contributed by atoms with E-state index in [0.29, 0.717) is 17.4 Å². The van der Waals surface area contributed by atoms with Crippen LogP contribution in [0.2, 0.25) is 0 Å². The second-order valence-electron chi connectivity index (χ2n) is 4.60. The van der Waals surface area contributed by atoms with E-state index in [9.17, 15) is 0 Å². The molecule has 0 bridgehead atoms. The van der Waals surface area contributed by atoms with E-state index in [1.54, 1.807) is 0 Å². The number of hydrogen-bond donors (Lipinski definition) is 2. The number of rotatable bonds is 6. The Morgan fingerprint density at radius 2 is 1.94 bits per heavy atom. The van der Waals surface area contributed by atoms with Crippen molar-refractivity contribution in [2.45, 2.75) is 13.8 Å². The van der Waals surface area contributed by atoms with Gasteiger partial charge in [-0.2, -0.15) is 5.26 Å². The second kappa shape index (κ2) is 6.93. The maximum atomic E-state index is 8.99. The molecule has 0 amide bonds. The van der Waals surface area contributed by atoms with Gasteiger partial charge in [0.1, 0.15) is 6.07 Å². The highest BCUT2D eigenvalue weighted by Crippen LogP contribution is 2.16. The molecule has 0 aliphatic carbocycles. The van der Waals surface area contributed by atoms with Crippen LogP contribution in [0.1, 0.15) is 19.4 Å². The van der Waals surface area contributed by atoms with Crippen molar-refractivity contribution < 1.29 is 0 Å². The van der Waals surface area contributed by atoms with Crippen LogP contribution in [0, 0.1) is 23.2 Å². The summed E-state index contributed by atoms with van der Waals surface area (Å²) in [5.41, 5.74) is 1.64. The van der Waals surface area contributed by atoms with Gasteiger partial charge in [-0.25, -0.2) is 0 Å². The van der Waals surface area contributed by atoms with Crippen molar-refractivity contribution in [2.75, 3.05) is 25.5 Å². The predicted octanol–water partition coefficient (Wildman–Crippen LogP) is 2.46. The third-order valence-corrected chi connectivity index (χ3v) is 3.01. The Morgan fingerprint density at radius 1 is 1.24 bits per heavy atom. The minimum absolute atomic E-state index is 0.562. The Bertz CT molecular complexity index is 379. The van der Waals surface area contributed by atoms with Gasteiger partial charge in [0.2, 0.25) is 0 Å². The molecule has 1 unspecified atom stereocenters. The highest BCUT2D eigenvalue weighted by molar-refractivity contribution is 5.57. The summed E-state index contributed by atoms with van der Waals surface area (Å²) in [5.74, 6) is 1.18. The molecule has 2 N–H and O–H groups in total. The van der Waals surface area contributed by atoms with Crippen molar-refractivity contribution in [3.05, 3.63) is 29.8 Å². The number of anilines is 1. The normalized spacial score (nSPS) is 12.2. The van der Waals surface area contributed by atoms with Crippen molar-refractivity contribution in [2.24, 2.45) is 11.8 Å². The highest BCUT2D eigenvalue weighted by Gasteiger charge is 2.12. The third kappa shape index (κ3) is 4.08. The van der Waals surface area contributed by atoms with Gasteiger partial charge in [-0.05, 0) is 37.6 Å². The maximum absolute atomic E-state index is 8.99. The van der Waals surface area contributed by atoms with E-state index in [1.807, 2.05) is 31.3 Å².